The van der Waals surface area contributed by atoms with E-state index in [1.807, 2.05) is 19.3 Å². The Morgan fingerprint density at radius 3 is 2.70 bits per heavy atom. The van der Waals surface area contributed by atoms with E-state index in [-0.39, 0.29) is 5.91 Å². The minimum Gasteiger partial charge on any atom is -0.342 e. The molecule has 23 heavy (non-hydrogen) atoms. The van der Waals surface area contributed by atoms with E-state index in [0.29, 0.717) is 12.0 Å². The minimum absolute atomic E-state index is 0.264. The van der Waals surface area contributed by atoms with E-state index in [2.05, 4.69) is 26.2 Å². The Labute approximate surface area is 139 Å². The van der Waals surface area contributed by atoms with Gasteiger partial charge in [0.2, 0.25) is 5.91 Å². The van der Waals surface area contributed by atoms with E-state index < -0.39 is 0 Å². The van der Waals surface area contributed by atoms with Crippen molar-refractivity contribution in [2.24, 2.45) is 5.41 Å². The lowest BCUT2D eigenvalue weighted by Crippen LogP contribution is -2.49. The van der Waals surface area contributed by atoms with Gasteiger partial charge in [0.15, 0.2) is 0 Å². The van der Waals surface area contributed by atoms with E-state index in [9.17, 15) is 4.79 Å². The van der Waals surface area contributed by atoms with Crippen LogP contribution in [-0.2, 0) is 11.3 Å². The van der Waals surface area contributed by atoms with E-state index in [0.717, 1.165) is 38.3 Å². The highest BCUT2D eigenvalue weighted by atomic mass is 16.2. The third-order valence-corrected chi connectivity index (χ3v) is 5.42. The summed E-state index contributed by atoms with van der Waals surface area (Å²) in [6.07, 6.45) is 8.53. The summed E-state index contributed by atoms with van der Waals surface area (Å²) in [4.78, 5) is 20.8. The summed E-state index contributed by atoms with van der Waals surface area (Å²) in [5.74, 6) is 0.264. The second kappa shape index (κ2) is 7.41. The average molecular weight is 316 g/mol. The van der Waals surface area contributed by atoms with Crippen molar-refractivity contribution in [2.75, 3.05) is 39.8 Å². The fraction of sp³-hybridized carbons (Fsp3) is 0.667. The van der Waals surface area contributed by atoms with Gasteiger partial charge in [-0.3, -0.25) is 14.7 Å². The molecule has 0 aliphatic carbocycles. The molecule has 1 spiro atoms. The van der Waals surface area contributed by atoms with Crippen molar-refractivity contribution >= 4 is 5.91 Å². The molecule has 2 aliphatic rings. The van der Waals surface area contributed by atoms with E-state index in [4.69, 9.17) is 0 Å². The number of likely N-dealkylation sites (tertiary alicyclic amines) is 1. The molecular formula is C18H28N4O. The van der Waals surface area contributed by atoms with Crippen LogP contribution in [0.2, 0.25) is 0 Å². The zero-order valence-corrected chi connectivity index (χ0v) is 14.1. The first kappa shape index (κ1) is 16.4. The molecule has 0 saturated carbocycles. The quantitative estimate of drug-likeness (QED) is 0.915. The van der Waals surface area contributed by atoms with Gasteiger partial charge in [-0.05, 0) is 62.9 Å². The molecule has 3 heterocycles. The van der Waals surface area contributed by atoms with Crippen LogP contribution in [0.1, 0.15) is 31.2 Å². The van der Waals surface area contributed by atoms with Crippen molar-refractivity contribution < 1.29 is 4.79 Å². The SMILES string of the molecule is CN(CC(=O)N1CCC2(CCNCC2)CC1)Cc1cccnc1. The Morgan fingerprint density at radius 2 is 2.04 bits per heavy atom. The molecule has 0 unspecified atom stereocenters. The number of pyridine rings is 1. The number of aromatic nitrogens is 1. The molecule has 1 N–H and O–H groups in total. The molecule has 3 rings (SSSR count). The van der Waals surface area contributed by atoms with Crippen LogP contribution in [0.4, 0.5) is 0 Å². The number of nitrogens with zero attached hydrogens (tertiary/aromatic N) is 3. The molecule has 5 heteroatoms. The number of amides is 1. The molecule has 2 fully saturated rings. The summed E-state index contributed by atoms with van der Waals surface area (Å²) in [5, 5.41) is 3.45. The standard InChI is InChI=1S/C18H28N4O/c1-21(14-16-3-2-8-20-13-16)15-17(23)22-11-6-18(7-12-22)4-9-19-10-5-18/h2-3,8,13,19H,4-7,9-12,14-15H2,1H3. The van der Waals surface area contributed by atoms with Gasteiger partial charge in [0.05, 0.1) is 6.54 Å². The molecule has 1 aromatic rings. The first-order valence-electron chi connectivity index (χ1n) is 8.73. The van der Waals surface area contributed by atoms with Crippen molar-refractivity contribution in [1.82, 2.24) is 20.1 Å². The van der Waals surface area contributed by atoms with Gasteiger partial charge in [-0.2, -0.15) is 0 Å². The highest BCUT2D eigenvalue weighted by molar-refractivity contribution is 5.78. The normalized spacial score (nSPS) is 20.9. The molecule has 0 atom stereocenters. The predicted octanol–water partition coefficient (Wildman–Crippen LogP) is 1.51. The van der Waals surface area contributed by atoms with Gasteiger partial charge in [0.1, 0.15) is 0 Å². The monoisotopic (exact) mass is 316 g/mol. The van der Waals surface area contributed by atoms with Crippen LogP contribution in [-0.4, -0.2) is 60.5 Å². The molecular weight excluding hydrogens is 288 g/mol. The molecule has 0 aromatic carbocycles. The first-order valence-corrected chi connectivity index (χ1v) is 8.73. The molecule has 5 nitrogen and oxygen atoms in total. The average Bonchev–Trinajstić information content (AvgIpc) is 2.57. The molecule has 126 valence electrons. The number of piperidine rings is 2. The van der Waals surface area contributed by atoms with E-state index >= 15 is 0 Å². The second-order valence-electron chi connectivity index (χ2n) is 7.16. The third-order valence-electron chi connectivity index (χ3n) is 5.42. The fourth-order valence-electron chi connectivity index (χ4n) is 3.88. The van der Waals surface area contributed by atoms with Crippen LogP contribution < -0.4 is 5.32 Å². The minimum atomic E-state index is 0.264. The Bertz CT molecular complexity index is 503. The Hall–Kier alpha value is -1.46. The van der Waals surface area contributed by atoms with Gasteiger partial charge in [-0.25, -0.2) is 0 Å². The highest BCUT2D eigenvalue weighted by Gasteiger charge is 2.36. The van der Waals surface area contributed by atoms with Crippen LogP contribution >= 0.6 is 0 Å². The predicted molar refractivity (Wildman–Crippen MR) is 90.9 cm³/mol. The van der Waals surface area contributed by atoms with Crippen LogP contribution in [0.25, 0.3) is 0 Å². The van der Waals surface area contributed by atoms with Crippen LogP contribution in [0, 0.1) is 5.41 Å². The number of carbonyl (C=O) groups excluding carboxylic acids is 1. The van der Waals surface area contributed by atoms with Crippen molar-refractivity contribution in [3.63, 3.8) is 0 Å². The first-order chi connectivity index (χ1) is 11.2. The lowest BCUT2D eigenvalue weighted by molar-refractivity contribution is -0.134. The lowest BCUT2D eigenvalue weighted by Gasteiger charge is -2.44. The smallest absolute Gasteiger partial charge is 0.236 e. The van der Waals surface area contributed by atoms with Crippen LogP contribution in [0.3, 0.4) is 0 Å². The van der Waals surface area contributed by atoms with E-state index in [1.165, 1.54) is 25.7 Å². The molecule has 0 bridgehead atoms. The zero-order chi connectivity index (χ0) is 16.1. The largest absolute Gasteiger partial charge is 0.342 e. The number of rotatable bonds is 4. The Kier molecular flexibility index (Phi) is 5.28. The van der Waals surface area contributed by atoms with Crippen LogP contribution in [0.15, 0.2) is 24.5 Å². The van der Waals surface area contributed by atoms with E-state index in [1.54, 1.807) is 6.20 Å². The Morgan fingerprint density at radius 1 is 1.30 bits per heavy atom. The molecule has 0 radical (unpaired) electrons. The highest BCUT2D eigenvalue weighted by Crippen LogP contribution is 2.39. The molecule has 1 amide bonds. The summed E-state index contributed by atoms with van der Waals surface area (Å²) in [6.45, 7) is 5.40. The molecule has 1 aromatic heterocycles. The summed E-state index contributed by atoms with van der Waals surface area (Å²) in [6, 6.07) is 3.99. The van der Waals surface area contributed by atoms with Gasteiger partial charge in [-0.15, -0.1) is 0 Å². The summed E-state index contributed by atoms with van der Waals surface area (Å²) < 4.78 is 0. The van der Waals surface area contributed by atoms with Gasteiger partial charge in [0, 0.05) is 32.0 Å². The fourth-order valence-corrected chi connectivity index (χ4v) is 3.88. The van der Waals surface area contributed by atoms with Gasteiger partial charge < -0.3 is 10.2 Å². The zero-order valence-electron chi connectivity index (χ0n) is 14.1. The topological polar surface area (TPSA) is 48.5 Å². The van der Waals surface area contributed by atoms with Gasteiger partial charge >= 0.3 is 0 Å². The van der Waals surface area contributed by atoms with Gasteiger partial charge in [-0.1, -0.05) is 6.07 Å². The maximum absolute atomic E-state index is 12.5. The van der Waals surface area contributed by atoms with Crippen molar-refractivity contribution in [1.29, 1.82) is 0 Å². The lowest BCUT2D eigenvalue weighted by atomic mass is 9.71. The summed E-state index contributed by atoms with van der Waals surface area (Å²) in [7, 11) is 2.00. The maximum Gasteiger partial charge on any atom is 0.236 e. The number of nitrogens with one attached hydrogen (secondary N) is 1. The van der Waals surface area contributed by atoms with Crippen LogP contribution in [0.5, 0.6) is 0 Å². The molecule has 2 saturated heterocycles. The number of likely N-dealkylation sites (N-methyl/N-ethyl adjacent to an activating group) is 1. The third kappa shape index (κ3) is 4.30. The number of hydrogen-bond acceptors (Lipinski definition) is 4. The van der Waals surface area contributed by atoms with Crippen molar-refractivity contribution in [3.05, 3.63) is 30.1 Å². The van der Waals surface area contributed by atoms with Crippen molar-refractivity contribution in [2.45, 2.75) is 32.2 Å². The number of hydrogen-bond donors (Lipinski definition) is 1. The van der Waals surface area contributed by atoms with Crippen molar-refractivity contribution in [3.8, 4) is 0 Å². The second-order valence-corrected chi connectivity index (χ2v) is 7.16. The van der Waals surface area contributed by atoms with Gasteiger partial charge in [0.25, 0.3) is 0 Å². The summed E-state index contributed by atoms with van der Waals surface area (Å²) in [5.41, 5.74) is 1.65. The summed E-state index contributed by atoms with van der Waals surface area (Å²) >= 11 is 0. The number of carbonyl (C=O) groups is 1. The maximum atomic E-state index is 12.5. The Balaban J connectivity index is 1.45. The molecule has 2 aliphatic heterocycles.